The Labute approximate surface area is 52.0 Å². The maximum atomic E-state index is 10.3. The molecule has 4 heteroatoms. The Kier molecular flexibility index (Phi) is 0.841. The number of hydroxylamine groups is 2. The van der Waals surface area contributed by atoms with Gasteiger partial charge in [0.2, 0.25) is 0 Å². The highest BCUT2D eigenvalue weighted by molar-refractivity contribution is 5.74. The Morgan fingerprint density at radius 3 is 2.67 bits per heavy atom. The van der Waals surface area contributed by atoms with Gasteiger partial charge in [-0.25, -0.2) is 0 Å². The molecule has 50 valence electrons. The van der Waals surface area contributed by atoms with E-state index in [2.05, 4.69) is 0 Å². The van der Waals surface area contributed by atoms with E-state index in [-0.39, 0.29) is 12.3 Å². The van der Waals surface area contributed by atoms with E-state index in [0.717, 1.165) is 12.8 Å². The number of aliphatic carboxylic acids is 1. The first kappa shape index (κ1) is 5.20. The summed E-state index contributed by atoms with van der Waals surface area (Å²) in [7, 11) is 0. The van der Waals surface area contributed by atoms with E-state index < -0.39 is 5.97 Å². The summed E-state index contributed by atoms with van der Waals surface area (Å²) in [6.45, 7) is 0. The van der Waals surface area contributed by atoms with E-state index in [1.54, 1.807) is 5.06 Å². The van der Waals surface area contributed by atoms with E-state index in [1.165, 1.54) is 0 Å². The lowest BCUT2D eigenvalue weighted by atomic mass is 10.2. The Balaban J connectivity index is 2.06. The van der Waals surface area contributed by atoms with Gasteiger partial charge in [-0.2, -0.15) is 0 Å². The summed E-state index contributed by atoms with van der Waals surface area (Å²) in [6, 6.07) is -0.366. The van der Waals surface area contributed by atoms with Gasteiger partial charge in [-0.1, -0.05) is 0 Å². The summed E-state index contributed by atoms with van der Waals surface area (Å²) in [4.78, 5) is 15.2. The number of fused-ring (bicyclic) bond motifs is 1. The minimum atomic E-state index is -0.769. The van der Waals surface area contributed by atoms with Crippen molar-refractivity contribution < 1.29 is 14.7 Å². The number of hydrogen-bond acceptors (Lipinski definition) is 3. The van der Waals surface area contributed by atoms with Crippen LogP contribution in [0, 0.1) is 0 Å². The highest BCUT2D eigenvalue weighted by Crippen LogP contribution is 2.37. The molecule has 0 aromatic carbocycles. The zero-order valence-electron chi connectivity index (χ0n) is 4.78. The molecule has 2 aliphatic heterocycles. The largest absolute Gasteiger partial charge is 0.480 e. The molecule has 0 radical (unpaired) electrons. The molecule has 1 N–H and O–H groups in total. The van der Waals surface area contributed by atoms with Crippen LogP contribution in [0.2, 0.25) is 0 Å². The monoisotopic (exact) mass is 129 g/mol. The second-order valence-electron chi connectivity index (χ2n) is 2.35. The molecule has 0 bridgehead atoms. The lowest BCUT2D eigenvalue weighted by Gasteiger charge is -2.01. The molecule has 2 aliphatic rings. The van der Waals surface area contributed by atoms with Gasteiger partial charge in [0.05, 0.1) is 0 Å². The fraction of sp³-hybridized carbons (Fsp3) is 0.800. The van der Waals surface area contributed by atoms with E-state index >= 15 is 0 Å². The second kappa shape index (κ2) is 1.46. The summed E-state index contributed by atoms with van der Waals surface area (Å²) in [5.74, 6) is -0.769. The summed E-state index contributed by atoms with van der Waals surface area (Å²) < 4.78 is 0. The van der Waals surface area contributed by atoms with Crippen LogP contribution in [-0.4, -0.2) is 28.4 Å². The molecule has 0 aliphatic carbocycles. The van der Waals surface area contributed by atoms with Crippen molar-refractivity contribution in [2.75, 3.05) is 0 Å². The third kappa shape index (κ3) is 0.635. The number of rotatable bonds is 1. The molecule has 0 saturated carbocycles. The molecule has 0 aromatic rings. The lowest BCUT2D eigenvalue weighted by Crippen LogP contribution is -2.24. The minimum absolute atomic E-state index is 0.131. The number of carbonyl (C=O) groups is 1. The third-order valence-electron chi connectivity index (χ3n) is 1.76. The fourth-order valence-electron chi connectivity index (χ4n) is 1.23. The predicted molar refractivity (Wildman–Crippen MR) is 27.4 cm³/mol. The highest BCUT2D eigenvalue weighted by Gasteiger charge is 2.51. The van der Waals surface area contributed by atoms with Gasteiger partial charge in [0.25, 0.3) is 0 Å². The zero-order chi connectivity index (χ0) is 6.43. The molecule has 2 heterocycles. The van der Waals surface area contributed by atoms with E-state index in [1.807, 2.05) is 0 Å². The van der Waals surface area contributed by atoms with Crippen LogP contribution in [0.5, 0.6) is 0 Å². The standard InChI is InChI=1S/C5H7NO3/c7-5(8)3-1-2-4-6(3)9-4/h3-4H,1-2H2,(H,7,8)/t3-,4?,6?/m0/s1. The summed E-state index contributed by atoms with van der Waals surface area (Å²) in [5.41, 5.74) is 0. The fourth-order valence-corrected chi connectivity index (χ4v) is 1.23. The maximum absolute atomic E-state index is 10.3. The summed E-state index contributed by atoms with van der Waals surface area (Å²) in [6.07, 6.45) is 1.74. The van der Waals surface area contributed by atoms with Gasteiger partial charge in [0.15, 0.2) is 6.23 Å². The number of carboxylic acid groups (broad SMARTS) is 1. The van der Waals surface area contributed by atoms with Gasteiger partial charge >= 0.3 is 5.97 Å². The molecule has 2 unspecified atom stereocenters. The van der Waals surface area contributed by atoms with Crippen LogP contribution in [0.15, 0.2) is 0 Å². The van der Waals surface area contributed by atoms with Crippen molar-refractivity contribution in [3.63, 3.8) is 0 Å². The number of nitrogens with zero attached hydrogens (tertiary/aromatic N) is 1. The van der Waals surface area contributed by atoms with Crippen molar-refractivity contribution in [1.29, 1.82) is 0 Å². The van der Waals surface area contributed by atoms with Gasteiger partial charge in [-0.15, -0.1) is 5.06 Å². The molecular formula is C5H7NO3. The first-order valence-electron chi connectivity index (χ1n) is 2.97. The minimum Gasteiger partial charge on any atom is -0.480 e. The molecular weight excluding hydrogens is 122 g/mol. The molecule has 9 heavy (non-hydrogen) atoms. The average Bonchev–Trinajstić information content (AvgIpc) is 2.43. The van der Waals surface area contributed by atoms with Crippen LogP contribution >= 0.6 is 0 Å². The summed E-state index contributed by atoms with van der Waals surface area (Å²) >= 11 is 0. The van der Waals surface area contributed by atoms with Crippen LogP contribution in [-0.2, 0) is 9.63 Å². The van der Waals surface area contributed by atoms with Crippen molar-refractivity contribution in [3.8, 4) is 0 Å². The van der Waals surface area contributed by atoms with Gasteiger partial charge in [0.1, 0.15) is 6.04 Å². The molecule has 0 aromatic heterocycles. The SMILES string of the molecule is O=C(O)[C@@H]1CCC2ON21. The van der Waals surface area contributed by atoms with Crippen LogP contribution < -0.4 is 0 Å². The second-order valence-corrected chi connectivity index (χ2v) is 2.35. The average molecular weight is 129 g/mol. The Bertz CT molecular complexity index is 158. The van der Waals surface area contributed by atoms with Crippen LogP contribution in [0.4, 0.5) is 0 Å². The van der Waals surface area contributed by atoms with E-state index in [4.69, 9.17) is 9.94 Å². The third-order valence-corrected chi connectivity index (χ3v) is 1.76. The van der Waals surface area contributed by atoms with Gasteiger partial charge in [-0.05, 0) is 12.8 Å². The number of hydrogen-bond donors (Lipinski definition) is 1. The van der Waals surface area contributed by atoms with Crippen molar-refractivity contribution in [3.05, 3.63) is 0 Å². The van der Waals surface area contributed by atoms with Crippen molar-refractivity contribution in [1.82, 2.24) is 5.06 Å². The topological polar surface area (TPSA) is 52.8 Å². The van der Waals surface area contributed by atoms with E-state index in [0.29, 0.717) is 0 Å². The van der Waals surface area contributed by atoms with Gasteiger partial charge in [0, 0.05) is 0 Å². The number of carboxylic acids is 1. The van der Waals surface area contributed by atoms with Crippen molar-refractivity contribution >= 4 is 5.97 Å². The van der Waals surface area contributed by atoms with Crippen molar-refractivity contribution in [2.45, 2.75) is 25.1 Å². The normalized spacial score (nSPS) is 46.4. The molecule has 4 nitrogen and oxygen atoms in total. The molecule has 0 amide bonds. The highest BCUT2D eigenvalue weighted by atomic mass is 16.8. The van der Waals surface area contributed by atoms with Crippen LogP contribution in [0.1, 0.15) is 12.8 Å². The van der Waals surface area contributed by atoms with Gasteiger partial charge < -0.3 is 5.11 Å². The molecule has 0 spiro atoms. The zero-order valence-corrected chi connectivity index (χ0v) is 4.78. The van der Waals surface area contributed by atoms with E-state index in [9.17, 15) is 4.79 Å². The Morgan fingerprint density at radius 1 is 1.67 bits per heavy atom. The summed E-state index contributed by atoms with van der Waals surface area (Å²) in [5, 5.41) is 10.0. The maximum Gasteiger partial charge on any atom is 0.323 e. The molecule has 2 fully saturated rings. The molecule has 3 atom stereocenters. The predicted octanol–water partition coefficient (Wildman–Crippen LogP) is -0.193. The molecule has 2 rings (SSSR count). The smallest absolute Gasteiger partial charge is 0.323 e. The quantitative estimate of drug-likeness (QED) is 0.498. The van der Waals surface area contributed by atoms with Crippen LogP contribution in [0.3, 0.4) is 0 Å². The van der Waals surface area contributed by atoms with Crippen LogP contribution in [0.25, 0.3) is 0 Å². The van der Waals surface area contributed by atoms with Crippen molar-refractivity contribution in [2.24, 2.45) is 0 Å². The molecule has 2 saturated heterocycles. The first-order valence-corrected chi connectivity index (χ1v) is 2.97. The first-order chi connectivity index (χ1) is 4.29. The lowest BCUT2D eigenvalue weighted by molar-refractivity contribution is -0.143. The Morgan fingerprint density at radius 2 is 2.44 bits per heavy atom. The Hall–Kier alpha value is -0.610. The van der Waals surface area contributed by atoms with Gasteiger partial charge in [-0.3, -0.25) is 9.63 Å².